The molecule has 4 heteroatoms. The van der Waals surface area contributed by atoms with E-state index in [1.54, 1.807) is 12.1 Å². The fourth-order valence-corrected chi connectivity index (χ4v) is 3.18. The van der Waals surface area contributed by atoms with Crippen LogP contribution >= 0.6 is 0 Å². The number of rotatable bonds is 5. The third kappa shape index (κ3) is 3.75. The standard InChI is InChI=1S/C20H26N2O2/c1-13-11-18(14(2)22(13)20(4,5)6)19(24)12-21-17-9-7-16(8-10-17)15(3)23/h7-11,21H,12H2,1-6H3. The van der Waals surface area contributed by atoms with Gasteiger partial charge in [-0.15, -0.1) is 0 Å². The topological polar surface area (TPSA) is 51.1 Å². The van der Waals surface area contributed by atoms with E-state index < -0.39 is 0 Å². The summed E-state index contributed by atoms with van der Waals surface area (Å²) in [6.45, 7) is 12.2. The van der Waals surface area contributed by atoms with E-state index in [-0.39, 0.29) is 23.7 Å². The van der Waals surface area contributed by atoms with Gasteiger partial charge in [0.1, 0.15) is 0 Å². The van der Waals surface area contributed by atoms with E-state index in [0.717, 1.165) is 22.6 Å². The number of ketones is 2. The Labute approximate surface area is 143 Å². The number of carbonyl (C=O) groups is 2. The Morgan fingerprint density at radius 2 is 1.67 bits per heavy atom. The van der Waals surface area contributed by atoms with E-state index in [2.05, 4.69) is 30.7 Å². The zero-order chi connectivity index (χ0) is 18.1. The zero-order valence-corrected chi connectivity index (χ0v) is 15.4. The zero-order valence-electron chi connectivity index (χ0n) is 15.4. The van der Waals surface area contributed by atoms with Crippen LogP contribution in [-0.2, 0) is 5.54 Å². The van der Waals surface area contributed by atoms with Gasteiger partial charge in [0, 0.05) is 33.7 Å². The molecule has 0 bridgehead atoms. The van der Waals surface area contributed by atoms with Gasteiger partial charge in [-0.25, -0.2) is 0 Å². The molecule has 0 radical (unpaired) electrons. The van der Waals surface area contributed by atoms with Crippen molar-refractivity contribution in [3.63, 3.8) is 0 Å². The maximum Gasteiger partial charge on any atom is 0.183 e. The predicted octanol–water partition coefficient (Wildman–Crippen LogP) is 4.36. The normalized spacial score (nSPS) is 11.4. The van der Waals surface area contributed by atoms with Crippen molar-refractivity contribution < 1.29 is 9.59 Å². The number of carbonyl (C=O) groups excluding carboxylic acids is 2. The van der Waals surface area contributed by atoms with Crippen molar-refractivity contribution in [3.05, 3.63) is 52.8 Å². The molecule has 1 heterocycles. The Hall–Kier alpha value is -2.36. The first kappa shape index (κ1) is 18.0. The molecular formula is C20H26N2O2. The molecule has 0 amide bonds. The Kier molecular flexibility index (Phi) is 4.97. The number of nitrogens with one attached hydrogen (secondary N) is 1. The van der Waals surface area contributed by atoms with Crippen LogP contribution in [0.2, 0.25) is 0 Å². The minimum Gasteiger partial charge on any atom is -0.378 e. The van der Waals surface area contributed by atoms with Gasteiger partial charge in [0.25, 0.3) is 0 Å². The monoisotopic (exact) mass is 326 g/mol. The van der Waals surface area contributed by atoms with Crippen LogP contribution in [0.5, 0.6) is 0 Å². The van der Waals surface area contributed by atoms with Crippen LogP contribution in [0, 0.1) is 13.8 Å². The molecule has 0 aliphatic rings. The molecular weight excluding hydrogens is 300 g/mol. The summed E-state index contributed by atoms with van der Waals surface area (Å²) in [7, 11) is 0. The Bertz CT molecular complexity index is 762. The van der Waals surface area contributed by atoms with Crippen molar-refractivity contribution in [1.82, 2.24) is 4.57 Å². The quantitative estimate of drug-likeness (QED) is 0.831. The molecule has 2 aromatic rings. The largest absolute Gasteiger partial charge is 0.378 e. The highest BCUT2D eigenvalue weighted by atomic mass is 16.1. The van der Waals surface area contributed by atoms with Gasteiger partial charge in [-0.2, -0.15) is 0 Å². The second-order valence-electron chi connectivity index (χ2n) is 7.20. The maximum absolute atomic E-state index is 12.6. The molecule has 0 saturated heterocycles. The van der Waals surface area contributed by atoms with Gasteiger partial charge >= 0.3 is 0 Å². The van der Waals surface area contributed by atoms with E-state index in [1.165, 1.54) is 6.92 Å². The Balaban J connectivity index is 2.12. The smallest absolute Gasteiger partial charge is 0.183 e. The second-order valence-corrected chi connectivity index (χ2v) is 7.20. The van der Waals surface area contributed by atoms with Crippen LogP contribution in [0.1, 0.15) is 59.8 Å². The van der Waals surface area contributed by atoms with Gasteiger partial charge in [0.2, 0.25) is 0 Å². The van der Waals surface area contributed by atoms with E-state index in [1.807, 2.05) is 32.0 Å². The van der Waals surface area contributed by atoms with E-state index in [0.29, 0.717) is 5.56 Å². The van der Waals surface area contributed by atoms with Crippen molar-refractivity contribution in [1.29, 1.82) is 0 Å². The Morgan fingerprint density at radius 3 is 2.12 bits per heavy atom. The van der Waals surface area contributed by atoms with Crippen molar-refractivity contribution >= 4 is 17.3 Å². The lowest BCUT2D eigenvalue weighted by atomic mass is 10.1. The average Bonchev–Trinajstić information content (AvgIpc) is 2.80. The molecule has 0 aliphatic heterocycles. The number of Topliss-reactive ketones (excluding diaryl/α,β-unsaturated/α-hetero) is 2. The molecule has 0 aliphatic carbocycles. The molecule has 0 unspecified atom stereocenters. The van der Waals surface area contributed by atoms with Gasteiger partial charge < -0.3 is 9.88 Å². The van der Waals surface area contributed by atoms with Crippen LogP contribution in [0.4, 0.5) is 5.69 Å². The summed E-state index contributed by atoms with van der Waals surface area (Å²) >= 11 is 0. The molecule has 1 aromatic carbocycles. The number of hydrogen-bond acceptors (Lipinski definition) is 3. The summed E-state index contributed by atoms with van der Waals surface area (Å²) in [5, 5.41) is 3.13. The molecule has 1 aromatic heterocycles. The van der Waals surface area contributed by atoms with Crippen molar-refractivity contribution in [2.75, 3.05) is 11.9 Å². The fourth-order valence-electron chi connectivity index (χ4n) is 3.18. The Morgan fingerprint density at radius 1 is 1.08 bits per heavy atom. The maximum atomic E-state index is 12.6. The van der Waals surface area contributed by atoms with Crippen LogP contribution < -0.4 is 5.32 Å². The summed E-state index contributed by atoms with van der Waals surface area (Å²) in [4.78, 5) is 23.9. The molecule has 2 rings (SSSR count). The summed E-state index contributed by atoms with van der Waals surface area (Å²) in [5.74, 6) is 0.0986. The lowest BCUT2D eigenvalue weighted by molar-refractivity contribution is 0.0999. The third-order valence-electron chi connectivity index (χ3n) is 4.15. The van der Waals surface area contributed by atoms with Gasteiger partial charge in [-0.1, -0.05) is 0 Å². The number of benzene rings is 1. The highest BCUT2D eigenvalue weighted by Crippen LogP contribution is 2.24. The highest BCUT2D eigenvalue weighted by Gasteiger charge is 2.22. The van der Waals surface area contributed by atoms with Crippen molar-refractivity contribution in [3.8, 4) is 0 Å². The molecule has 24 heavy (non-hydrogen) atoms. The molecule has 0 saturated carbocycles. The molecule has 128 valence electrons. The molecule has 0 fully saturated rings. The first-order chi connectivity index (χ1) is 11.1. The van der Waals surface area contributed by atoms with Crippen LogP contribution in [-0.4, -0.2) is 22.7 Å². The molecule has 0 atom stereocenters. The summed E-state index contributed by atoms with van der Waals surface area (Å²) in [6, 6.07) is 9.13. The van der Waals surface area contributed by atoms with Gasteiger partial charge in [-0.05, 0) is 71.9 Å². The van der Waals surface area contributed by atoms with Gasteiger partial charge in [0.15, 0.2) is 11.6 Å². The molecule has 0 spiro atoms. The van der Waals surface area contributed by atoms with E-state index in [4.69, 9.17) is 0 Å². The molecule has 4 nitrogen and oxygen atoms in total. The van der Waals surface area contributed by atoms with Crippen molar-refractivity contribution in [2.45, 2.75) is 47.1 Å². The summed E-state index contributed by atoms with van der Waals surface area (Å²) < 4.78 is 2.20. The third-order valence-corrected chi connectivity index (χ3v) is 4.15. The lowest BCUT2D eigenvalue weighted by Crippen LogP contribution is -2.24. The predicted molar refractivity (Wildman–Crippen MR) is 98.2 cm³/mol. The lowest BCUT2D eigenvalue weighted by Gasteiger charge is -2.25. The van der Waals surface area contributed by atoms with Gasteiger partial charge in [-0.3, -0.25) is 9.59 Å². The summed E-state index contributed by atoms with van der Waals surface area (Å²) in [6.07, 6.45) is 0. The number of hydrogen-bond donors (Lipinski definition) is 1. The second kappa shape index (κ2) is 6.63. The number of aryl methyl sites for hydroxylation is 1. The number of anilines is 1. The molecule has 1 N–H and O–H groups in total. The van der Waals surface area contributed by atoms with Crippen LogP contribution in [0.25, 0.3) is 0 Å². The van der Waals surface area contributed by atoms with E-state index >= 15 is 0 Å². The van der Waals surface area contributed by atoms with E-state index in [9.17, 15) is 9.59 Å². The minimum absolute atomic E-state index is 0.0345. The average molecular weight is 326 g/mol. The highest BCUT2D eigenvalue weighted by molar-refractivity contribution is 6.00. The van der Waals surface area contributed by atoms with Crippen LogP contribution in [0.15, 0.2) is 30.3 Å². The fraction of sp³-hybridized carbons (Fsp3) is 0.400. The number of nitrogens with zero attached hydrogens (tertiary/aromatic N) is 1. The van der Waals surface area contributed by atoms with Crippen molar-refractivity contribution in [2.24, 2.45) is 0 Å². The minimum atomic E-state index is -0.0529. The first-order valence-electron chi connectivity index (χ1n) is 8.18. The SMILES string of the molecule is CC(=O)c1ccc(NCC(=O)c2cc(C)n(C(C)(C)C)c2C)cc1. The summed E-state index contributed by atoms with van der Waals surface area (Å²) in [5.41, 5.74) is 4.30. The van der Waals surface area contributed by atoms with Gasteiger partial charge in [0.05, 0.1) is 6.54 Å². The first-order valence-corrected chi connectivity index (χ1v) is 8.18. The number of aromatic nitrogens is 1. The van der Waals surface area contributed by atoms with Crippen LogP contribution in [0.3, 0.4) is 0 Å².